The Morgan fingerprint density at radius 1 is 1.17 bits per heavy atom. The SMILES string of the molecule is N#CC1CC2CC2N1C(=O)/C(=N/O)C12CC3C[C@@H](CC(O)(C3)C1)C2. The first-order chi connectivity index (χ1) is 11.5. The zero-order valence-corrected chi connectivity index (χ0v) is 13.7. The number of likely N-dealkylation sites (tertiary alicyclic amines) is 1. The highest BCUT2D eigenvalue weighted by molar-refractivity contribution is 6.41. The van der Waals surface area contributed by atoms with Gasteiger partial charge < -0.3 is 15.2 Å². The van der Waals surface area contributed by atoms with Gasteiger partial charge in [0.1, 0.15) is 6.04 Å². The number of fused-ring (bicyclic) bond motifs is 1. The number of hydrogen-bond acceptors (Lipinski definition) is 5. The van der Waals surface area contributed by atoms with E-state index in [0.29, 0.717) is 24.2 Å². The van der Waals surface area contributed by atoms with Gasteiger partial charge in [0.05, 0.1) is 11.7 Å². The predicted molar refractivity (Wildman–Crippen MR) is 84.0 cm³/mol. The van der Waals surface area contributed by atoms with E-state index in [0.717, 1.165) is 44.9 Å². The third-order valence-electron chi connectivity index (χ3n) is 7.32. The second kappa shape index (κ2) is 4.51. The number of nitrogens with zero attached hydrogens (tertiary/aromatic N) is 3. The minimum absolute atomic E-state index is 0.149. The molecule has 1 heterocycles. The quantitative estimate of drug-likeness (QED) is 0.457. The van der Waals surface area contributed by atoms with E-state index in [9.17, 15) is 20.4 Å². The largest absolute Gasteiger partial charge is 0.410 e. The van der Waals surface area contributed by atoms with Crippen LogP contribution >= 0.6 is 0 Å². The Kier molecular flexibility index (Phi) is 2.77. The van der Waals surface area contributed by atoms with Gasteiger partial charge in [-0.1, -0.05) is 5.16 Å². The van der Waals surface area contributed by atoms with Gasteiger partial charge in [-0.3, -0.25) is 4.79 Å². The summed E-state index contributed by atoms with van der Waals surface area (Å²) in [5.74, 6) is 1.01. The van der Waals surface area contributed by atoms with Gasteiger partial charge >= 0.3 is 0 Å². The Morgan fingerprint density at radius 3 is 2.46 bits per heavy atom. The van der Waals surface area contributed by atoms with Crippen molar-refractivity contribution in [3.8, 4) is 6.07 Å². The van der Waals surface area contributed by atoms with E-state index in [1.54, 1.807) is 4.90 Å². The number of hydrogen-bond donors (Lipinski definition) is 2. The summed E-state index contributed by atoms with van der Waals surface area (Å²) in [6.07, 6.45) is 6.63. The number of aliphatic hydroxyl groups is 1. The number of amides is 1. The fourth-order valence-corrected chi connectivity index (χ4v) is 6.85. The van der Waals surface area contributed by atoms with Gasteiger partial charge in [0, 0.05) is 11.5 Å². The molecule has 128 valence electrons. The molecular weight excluding hydrogens is 306 g/mol. The Morgan fingerprint density at radius 2 is 1.88 bits per heavy atom. The lowest BCUT2D eigenvalue weighted by Crippen LogP contribution is -2.61. The van der Waals surface area contributed by atoms with E-state index in [1.807, 2.05) is 0 Å². The molecule has 5 aliphatic carbocycles. The van der Waals surface area contributed by atoms with Crippen LogP contribution < -0.4 is 0 Å². The van der Waals surface area contributed by atoms with Crippen molar-refractivity contribution in [2.75, 3.05) is 0 Å². The molecule has 0 radical (unpaired) electrons. The molecule has 1 aliphatic heterocycles. The highest BCUT2D eigenvalue weighted by Gasteiger charge is 2.62. The zero-order chi connectivity index (χ0) is 16.7. The molecule has 0 aromatic carbocycles. The van der Waals surface area contributed by atoms with Crippen molar-refractivity contribution in [3.05, 3.63) is 0 Å². The van der Waals surface area contributed by atoms with Crippen molar-refractivity contribution in [1.29, 1.82) is 5.26 Å². The Labute approximate surface area is 141 Å². The second-order valence-corrected chi connectivity index (χ2v) is 9.07. The highest BCUT2D eigenvalue weighted by atomic mass is 16.4. The van der Waals surface area contributed by atoms with Gasteiger partial charge in [-0.05, 0) is 69.1 Å². The van der Waals surface area contributed by atoms with E-state index in [2.05, 4.69) is 11.2 Å². The van der Waals surface area contributed by atoms with Crippen LogP contribution in [0.25, 0.3) is 0 Å². The maximum absolute atomic E-state index is 13.2. The molecular formula is C18H23N3O3. The number of oxime groups is 1. The Balaban J connectivity index is 1.49. The summed E-state index contributed by atoms with van der Waals surface area (Å²) >= 11 is 0. The lowest BCUT2D eigenvalue weighted by molar-refractivity contribution is -0.146. The fourth-order valence-electron chi connectivity index (χ4n) is 6.85. The van der Waals surface area contributed by atoms with E-state index in [1.165, 1.54) is 0 Å². The van der Waals surface area contributed by atoms with E-state index < -0.39 is 17.1 Å². The lowest BCUT2D eigenvalue weighted by Gasteiger charge is -2.60. The first-order valence-electron chi connectivity index (χ1n) is 9.14. The number of nitriles is 1. The van der Waals surface area contributed by atoms with Crippen LogP contribution in [0.2, 0.25) is 0 Å². The molecule has 4 bridgehead atoms. The Bertz CT molecular complexity index is 667. The molecule has 1 saturated heterocycles. The van der Waals surface area contributed by atoms with Crippen LogP contribution in [0, 0.1) is 34.5 Å². The van der Waals surface area contributed by atoms with Crippen molar-refractivity contribution in [1.82, 2.24) is 4.90 Å². The molecule has 6 unspecified atom stereocenters. The number of rotatable bonds is 2. The average molecular weight is 329 g/mol. The normalized spacial score (nSPS) is 51.4. The van der Waals surface area contributed by atoms with E-state index >= 15 is 0 Å². The van der Waals surface area contributed by atoms with Crippen LogP contribution in [-0.4, -0.2) is 44.5 Å². The summed E-state index contributed by atoms with van der Waals surface area (Å²) in [5.41, 5.74) is -0.998. The van der Waals surface area contributed by atoms with Gasteiger partial charge in [-0.2, -0.15) is 5.26 Å². The van der Waals surface area contributed by atoms with E-state index in [4.69, 9.17) is 0 Å². The third kappa shape index (κ3) is 1.85. The molecule has 0 aromatic heterocycles. The van der Waals surface area contributed by atoms with Crippen molar-refractivity contribution in [2.24, 2.45) is 28.3 Å². The van der Waals surface area contributed by atoms with Crippen molar-refractivity contribution in [3.63, 3.8) is 0 Å². The summed E-state index contributed by atoms with van der Waals surface area (Å²) in [6.45, 7) is 0. The molecule has 1 amide bonds. The molecule has 2 N–H and O–H groups in total. The first kappa shape index (κ1) is 14.7. The first-order valence-corrected chi connectivity index (χ1v) is 9.14. The standard InChI is InChI=1S/C18H23N3O3/c19-8-13-2-12-3-14(12)21(13)16(22)15(20-24)17-4-10-1-11(5-17)7-18(23,6-10)9-17/h10-14,23-24H,1-7,9H2/b20-15-/t10-,11?,12?,13?,14?,17?,18?/m1/s1. The van der Waals surface area contributed by atoms with Crippen LogP contribution in [-0.2, 0) is 4.79 Å². The van der Waals surface area contributed by atoms with Crippen LogP contribution in [0.3, 0.4) is 0 Å². The second-order valence-electron chi connectivity index (χ2n) is 9.07. The summed E-state index contributed by atoms with van der Waals surface area (Å²) in [7, 11) is 0. The van der Waals surface area contributed by atoms with Crippen LogP contribution in [0.5, 0.6) is 0 Å². The van der Waals surface area contributed by atoms with Crippen molar-refractivity contribution in [2.45, 2.75) is 69.1 Å². The predicted octanol–water partition coefficient (Wildman–Crippen LogP) is 1.66. The van der Waals surface area contributed by atoms with Crippen LogP contribution in [0.4, 0.5) is 0 Å². The lowest BCUT2D eigenvalue weighted by atomic mass is 9.46. The van der Waals surface area contributed by atoms with E-state index in [-0.39, 0.29) is 17.7 Å². The monoisotopic (exact) mass is 329 g/mol. The summed E-state index contributed by atoms with van der Waals surface area (Å²) in [4.78, 5) is 14.9. The number of carbonyl (C=O) groups excluding carboxylic acids is 1. The van der Waals surface area contributed by atoms with Gasteiger partial charge in [-0.25, -0.2) is 0 Å². The molecule has 6 heteroatoms. The molecule has 6 nitrogen and oxygen atoms in total. The molecule has 6 rings (SSSR count). The minimum Gasteiger partial charge on any atom is -0.410 e. The smallest absolute Gasteiger partial charge is 0.273 e. The highest BCUT2D eigenvalue weighted by Crippen LogP contribution is 2.62. The van der Waals surface area contributed by atoms with Crippen molar-refractivity contribution < 1.29 is 15.1 Å². The third-order valence-corrected chi connectivity index (χ3v) is 7.32. The molecule has 0 aromatic rings. The van der Waals surface area contributed by atoms with Crippen LogP contribution in [0.1, 0.15) is 51.4 Å². The van der Waals surface area contributed by atoms with Gasteiger partial charge in [-0.15, -0.1) is 0 Å². The topological polar surface area (TPSA) is 96.9 Å². The van der Waals surface area contributed by atoms with Gasteiger partial charge in [0.15, 0.2) is 5.71 Å². The van der Waals surface area contributed by atoms with Gasteiger partial charge in [0.25, 0.3) is 5.91 Å². The summed E-state index contributed by atoms with van der Waals surface area (Å²) in [5, 5.41) is 33.5. The number of piperidine rings is 1. The molecule has 7 atom stereocenters. The molecule has 5 saturated carbocycles. The minimum atomic E-state index is -0.706. The maximum atomic E-state index is 13.2. The average Bonchev–Trinajstić information content (AvgIpc) is 3.15. The molecule has 0 spiro atoms. The molecule has 24 heavy (non-hydrogen) atoms. The zero-order valence-electron chi connectivity index (χ0n) is 13.7. The number of carbonyl (C=O) groups is 1. The van der Waals surface area contributed by atoms with Crippen LogP contribution in [0.15, 0.2) is 5.16 Å². The van der Waals surface area contributed by atoms with Crippen molar-refractivity contribution >= 4 is 11.6 Å². The van der Waals surface area contributed by atoms with Gasteiger partial charge in [0.2, 0.25) is 0 Å². The Hall–Kier alpha value is -1.61. The fraction of sp³-hybridized carbons (Fsp3) is 0.833. The molecule has 6 fully saturated rings. The summed E-state index contributed by atoms with van der Waals surface area (Å²) in [6, 6.07) is 1.99. The summed E-state index contributed by atoms with van der Waals surface area (Å²) < 4.78 is 0. The maximum Gasteiger partial charge on any atom is 0.273 e. The molecule has 6 aliphatic rings.